The van der Waals surface area contributed by atoms with E-state index >= 15 is 0 Å². The van der Waals surface area contributed by atoms with Gasteiger partial charge in [-0.05, 0) is 74.9 Å². The zero-order valence-electron chi connectivity index (χ0n) is 24.1. The summed E-state index contributed by atoms with van der Waals surface area (Å²) < 4.78 is 20.0. The third kappa shape index (κ3) is 5.53. The number of carbonyl (C=O) groups excluding carboxylic acids is 1. The summed E-state index contributed by atoms with van der Waals surface area (Å²) in [6, 6.07) is 8.64. The van der Waals surface area contributed by atoms with Crippen LogP contribution < -0.4 is 9.64 Å². The number of piperazine rings is 1. The lowest BCUT2D eigenvalue weighted by atomic mass is 9.86. The van der Waals surface area contributed by atoms with E-state index in [2.05, 4.69) is 47.6 Å². The van der Waals surface area contributed by atoms with Crippen molar-refractivity contribution in [2.45, 2.75) is 50.6 Å². The van der Waals surface area contributed by atoms with Gasteiger partial charge in [-0.2, -0.15) is 9.97 Å². The smallest absolute Gasteiger partial charge is 0.319 e. The van der Waals surface area contributed by atoms with Gasteiger partial charge in [0, 0.05) is 37.4 Å². The number of hydrogen-bond donors (Lipinski definition) is 0. The summed E-state index contributed by atoms with van der Waals surface area (Å²) in [7, 11) is 2.11. The fraction of sp³-hybridized carbons (Fsp3) is 0.469. The van der Waals surface area contributed by atoms with Crippen LogP contribution in [-0.2, 0) is 17.6 Å². The van der Waals surface area contributed by atoms with E-state index in [9.17, 15) is 9.18 Å². The molecule has 9 nitrogen and oxygen atoms in total. The number of fused-ring (bicyclic) bond motifs is 2. The molecule has 0 N–H and O–H groups in total. The van der Waals surface area contributed by atoms with E-state index in [1.807, 2.05) is 11.1 Å². The Morgan fingerprint density at radius 1 is 1.17 bits per heavy atom. The molecule has 218 valence electrons. The molecule has 0 saturated carbocycles. The maximum absolute atomic E-state index is 13.8. The van der Waals surface area contributed by atoms with Crippen LogP contribution in [0, 0.1) is 6.57 Å². The van der Waals surface area contributed by atoms with E-state index in [1.54, 1.807) is 0 Å². The van der Waals surface area contributed by atoms with Crippen LogP contribution >= 0.6 is 0 Å². The Morgan fingerprint density at radius 3 is 2.81 bits per heavy atom. The van der Waals surface area contributed by atoms with Gasteiger partial charge >= 0.3 is 6.01 Å². The van der Waals surface area contributed by atoms with Crippen molar-refractivity contribution in [3.8, 4) is 17.1 Å². The molecule has 2 atom stereocenters. The van der Waals surface area contributed by atoms with Crippen molar-refractivity contribution in [1.82, 2.24) is 24.8 Å². The summed E-state index contributed by atoms with van der Waals surface area (Å²) in [5.41, 5.74) is 6.30. The number of halogens is 1. The van der Waals surface area contributed by atoms with E-state index in [0.717, 1.165) is 37.8 Å². The van der Waals surface area contributed by atoms with Crippen LogP contribution in [0.5, 0.6) is 6.01 Å². The third-order valence-corrected chi connectivity index (χ3v) is 8.86. The second-order valence-corrected chi connectivity index (χ2v) is 11.5. The van der Waals surface area contributed by atoms with Crippen LogP contribution in [0.1, 0.15) is 36.8 Å². The van der Waals surface area contributed by atoms with E-state index in [-0.39, 0.29) is 19.1 Å². The molecule has 0 bridgehead atoms. The Morgan fingerprint density at radius 2 is 2.02 bits per heavy atom. The van der Waals surface area contributed by atoms with Crippen LogP contribution in [0.3, 0.4) is 0 Å². The zero-order valence-corrected chi connectivity index (χ0v) is 24.1. The number of anilines is 1. The molecule has 2 saturated heterocycles. The lowest BCUT2D eigenvalue weighted by molar-refractivity contribution is -0.131. The minimum Gasteiger partial charge on any atom is -0.462 e. The van der Waals surface area contributed by atoms with Crippen molar-refractivity contribution in [3.05, 3.63) is 65.4 Å². The summed E-state index contributed by atoms with van der Waals surface area (Å²) in [4.78, 5) is 36.2. The molecule has 1 aliphatic carbocycles. The molecule has 4 heterocycles. The Labute approximate surface area is 245 Å². The highest BCUT2D eigenvalue weighted by Crippen LogP contribution is 2.34. The number of amides is 1. The van der Waals surface area contributed by atoms with Gasteiger partial charge in [0.2, 0.25) is 6.54 Å². The van der Waals surface area contributed by atoms with Gasteiger partial charge in [-0.3, -0.25) is 9.78 Å². The highest BCUT2D eigenvalue weighted by Gasteiger charge is 2.35. The number of pyridine rings is 1. The monoisotopic (exact) mass is 569 g/mol. The van der Waals surface area contributed by atoms with Crippen molar-refractivity contribution in [3.63, 3.8) is 0 Å². The normalized spacial score (nSPS) is 20.8. The molecule has 2 fully saturated rings. The zero-order chi connectivity index (χ0) is 29.2. The molecule has 1 amide bonds. The highest BCUT2D eigenvalue weighted by atomic mass is 19.1. The van der Waals surface area contributed by atoms with Gasteiger partial charge in [0.25, 0.3) is 5.91 Å². The molecule has 3 aromatic rings. The molecule has 10 heteroatoms. The number of rotatable bonds is 7. The Bertz CT molecular complexity index is 1550. The molecule has 6 rings (SSSR count). The minimum atomic E-state index is -1.02. The molecular formula is C32H36FN7O2. The molecule has 2 aromatic heterocycles. The average Bonchev–Trinajstić information content (AvgIpc) is 3.43. The molecule has 3 aliphatic rings. The maximum Gasteiger partial charge on any atom is 0.319 e. The number of benzene rings is 1. The van der Waals surface area contributed by atoms with E-state index in [0.29, 0.717) is 42.6 Å². The first-order valence-corrected chi connectivity index (χ1v) is 14.8. The molecule has 1 aromatic carbocycles. The predicted octanol–water partition coefficient (Wildman–Crippen LogP) is 4.46. The summed E-state index contributed by atoms with van der Waals surface area (Å²) in [5.74, 6) is -1.19. The molecular weight excluding hydrogens is 533 g/mol. The molecule has 0 unspecified atom stereocenters. The van der Waals surface area contributed by atoms with Crippen LogP contribution in [0.2, 0.25) is 0 Å². The molecule has 0 radical (unpaired) electrons. The van der Waals surface area contributed by atoms with Gasteiger partial charge < -0.3 is 24.3 Å². The van der Waals surface area contributed by atoms with Crippen molar-refractivity contribution in [1.29, 1.82) is 0 Å². The van der Waals surface area contributed by atoms with Gasteiger partial charge in [-0.25, -0.2) is 11.0 Å². The van der Waals surface area contributed by atoms with Gasteiger partial charge in [0.05, 0.1) is 5.52 Å². The Kier molecular flexibility index (Phi) is 8.02. The first kappa shape index (κ1) is 28.0. The summed E-state index contributed by atoms with van der Waals surface area (Å²) in [6.45, 7) is 13.1. The minimum absolute atomic E-state index is 0.0482. The number of hydrogen-bond acceptors (Lipinski definition) is 7. The summed E-state index contributed by atoms with van der Waals surface area (Å²) in [6.07, 6.45) is 8.64. The number of ether oxygens (including phenoxy) is 1. The van der Waals surface area contributed by atoms with E-state index < -0.39 is 17.8 Å². The van der Waals surface area contributed by atoms with Crippen molar-refractivity contribution < 1.29 is 13.9 Å². The van der Waals surface area contributed by atoms with Crippen molar-refractivity contribution >= 4 is 22.8 Å². The Hall–Kier alpha value is -4.10. The molecule has 2 aliphatic heterocycles. The van der Waals surface area contributed by atoms with E-state index in [1.165, 1.54) is 34.4 Å². The predicted molar refractivity (Wildman–Crippen MR) is 160 cm³/mol. The number of likely N-dealkylation sites (tertiary alicyclic amines) is 1. The third-order valence-electron chi connectivity index (χ3n) is 8.86. The van der Waals surface area contributed by atoms with Gasteiger partial charge in [-0.15, -0.1) is 0 Å². The van der Waals surface area contributed by atoms with Crippen LogP contribution in [0.4, 0.5) is 10.2 Å². The Balaban J connectivity index is 1.38. The number of aryl methyl sites for hydroxylation is 1. The maximum atomic E-state index is 13.8. The van der Waals surface area contributed by atoms with E-state index in [4.69, 9.17) is 26.3 Å². The average molecular weight is 570 g/mol. The first-order chi connectivity index (χ1) is 20.4. The summed E-state index contributed by atoms with van der Waals surface area (Å²) in [5, 5.41) is 0. The number of nitrogens with zero attached hydrogens (tertiary/aromatic N) is 7. The quantitative estimate of drug-likeness (QED) is 0.307. The topological polar surface area (TPSA) is 79.1 Å². The second kappa shape index (κ2) is 12.0. The van der Waals surface area contributed by atoms with Crippen LogP contribution in [-0.4, -0.2) is 89.1 Å². The van der Waals surface area contributed by atoms with Crippen LogP contribution in [0.15, 0.2) is 42.9 Å². The van der Waals surface area contributed by atoms with Gasteiger partial charge in [-0.1, -0.05) is 24.8 Å². The standard InChI is InChI=1S/C32H36FN7O2/c1-21(33)31(41)40-15-14-39(19-25(40)18-34-2)30-29-28(36-32(37-30)42-20-24-10-7-13-38(24)3)16-23(17-35-29)27-12-6-9-22-8-4-5-11-26(22)27/h6,9,12,16-17,24-25H,1,4-5,7-8,10-11,13-15,18-20H2,3H3/t24-,25-/m0/s1. The summed E-state index contributed by atoms with van der Waals surface area (Å²) >= 11 is 0. The molecule has 0 spiro atoms. The van der Waals surface area contributed by atoms with Crippen molar-refractivity contribution in [2.75, 3.05) is 51.3 Å². The van der Waals surface area contributed by atoms with Crippen molar-refractivity contribution in [2.24, 2.45) is 0 Å². The van der Waals surface area contributed by atoms with Crippen LogP contribution in [0.25, 0.3) is 27.0 Å². The highest BCUT2D eigenvalue weighted by molar-refractivity contribution is 5.92. The number of carbonyl (C=O) groups is 1. The largest absolute Gasteiger partial charge is 0.462 e. The first-order valence-electron chi connectivity index (χ1n) is 14.8. The fourth-order valence-corrected chi connectivity index (χ4v) is 6.56. The number of likely N-dealkylation sites (N-methyl/N-ethyl adjacent to an activating group) is 1. The van der Waals surface area contributed by atoms with Gasteiger partial charge in [0.1, 0.15) is 18.2 Å². The van der Waals surface area contributed by atoms with Gasteiger partial charge in [0.15, 0.2) is 11.6 Å². The fourth-order valence-electron chi connectivity index (χ4n) is 6.56. The lowest BCUT2D eigenvalue weighted by Gasteiger charge is -2.39. The lowest BCUT2D eigenvalue weighted by Crippen LogP contribution is -2.56. The number of aromatic nitrogens is 3. The SMILES string of the molecule is [C-]#[N+]C[C@H]1CN(c2nc(OC[C@@H]3CCCN3C)nc3cc(-c4cccc5c4CCCC5)cnc23)CCN1C(=O)C(=C)F. The molecule has 42 heavy (non-hydrogen) atoms. The second-order valence-electron chi connectivity index (χ2n) is 11.5.